The van der Waals surface area contributed by atoms with E-state index < -0.39 is 10.0 Å². The zero-order valence-corrected chi connectivity index (χ0v) is 17.2. The van der Waals surface area contributed by atoms with E-state index in [1.54, 1.807) is 18.2 Å². The largest absolute Gasteiger partial charge is 0.309 e. The molecule has 0 unspecified atom stereocenters. The first-order chi connectivity index (χ1) is 14.0. The highest BCUT2D eigenvalue weighted by Crippen LogP contribution is 2.19. The van der Waals surface area contributed by atoms with Crippen molar-refractivity contribution in [3.63, 3.8) is 0 Å². The van der Waals surface area contributed by atoms with Crippen LogP contribution in [0.25, 0.3) is 10.9 Å². The highest BCUT2D eigenvalue weighted by molar-refractivity contribution is 7.89. The molecule has 2 aromatic carbocycles. The molecule has 1 saturated heterocycles. The lowest BCUT2D eigenvalue weighted by Crippen LogP contribution is -2.48. The first-order valence-corrected chi connectivity index (χ1v) is 11.2. The minimum atomic E-state index is -3.49. The van der Waals surface area contributed by atoms with Crippen LogP contribution in [0.1, 0.15) is 18.3 Å². The molecule has 0 radical (unpaired) electrons. The molecule has 0 saturated carbocycles. The second-order valence-corrected chi connectivity index (χ2v) is 9.15. The molecular formula is C21H24N4O3S. The highest BCUT2D eigenvalue weighted by atomic mass is 32.2. The third-order valence-corrected chi connectivity index (χ3v) is 7.25. The van der Waals surface area contributed by atoms with Crippen molar-refractivity contribution in [3.05, 3.63) is 70.3 Å². The number of aryl methyl sites for hydroxylation is 1. The SMILES string of the molecule is CCc1ccc(S(=O)(=O)N2CCN(Cc3nc4ccccc4c(=O)[nH]3)CC2)cc1. The monoisotopic (exact) mass is 412 g/mol. The van der Waals surface area contributed by atoms with Crippen molar-refractivity contribution in [1.82, 2.24) is 19.2 Å². The number of nitrogens with zero attached hydrogens (tertiary/aromatic N) is 3. The van der Waals surface area contributed by atoms with Crippen molar-refractivity contribution in [1.29, 1.82) is 0 Å². The van der Waals surface area contributed by atoms with E-state index in [2.05, 4.69) is 14.9 Å². The molecule has 0 bridgehead atoms. The zero-order chi connectivity index (χ0) is 20.4. The van der Waals surface area contributed by atoms with E-state index in [1.807, 2.05) is 37.3 Å². The normalized spacial score (nSPS) is 16.3. The lowest BCUT2D eigenvalue weighted by Gasteiger charge is -2.33. The molecule has 152 valence electrons. The number of fused-ring (bicyclic) bond motifs is 1. The van der Waals surface area contributed by atoms with Crippen molar-refractivity contribution in [2.45, 2.75) is 24.8 Å². The van der Waals surface area contributed by atoms with Gasteiger partial charge < -0.3 is 4.98 Å². The Morgan fingerprint density at radius 3 is 2.38 bits per heavy atom. The van der Waals surface area contributed by atoms with Crippen LogP contribution in [0.4, 0.5) is 0 Å². The maximum absolute atomic E-state index is 12.9. The maximum atomic E-state index is 12.9. The number of benzene rings is 2. The third kappa shape index (κ3) is 4.10. The van der Waals surface area contributed by atoms with Crippen molar-refractivity contribution >= 4 is 20.9 Å². The molecule has 29 heavy (non-hydrogen) atoms. The van der Waals surface area contributed by atoms with Gasteiger partial charge in [-0.3, -0.25) is 9.69 Å². The minimum absolute atomic E-state index is 0.151. The summed E-state index contributed by atoms with van der Waals surface area (Å²) in [5.74, 6) is 0.597. The van der Waals surface area contributed by atoms with Crippen LogP contribution in [0.2, 0.25) is 0 Å². The summed E-state index contributed by atoms with van der Waals surface area (Å²) in [5.41, 5.74) is 1.64. The molecule has 7 nitrogen and oxygen atoms in total. The first-order valence-electron chi connectivity index (χ1n) is 9.77. The van der Waals surface area contributed by atoms with Crippen molar-refractivity contribution in [3.8, 4) is 0 Å². The van der Waals surface area contributed by atoms with Gasteiger partial charge in [0.25, 0.3) is 5.56 Å². The fourth-order valence-corrected chi connectivity index (χ4v) is 5.02. The highest BCUT2D eigenvalue weighted by Gasteiger charge is 2.28. The van der Waals surface area contributed by atoms with Gasteiger partial charge in [0.05, 0.1) is 22.3 Å². The van der Waals surface area contributed by atoms with E-state index >= 15 is 0 Å². The number of aromatic nitrogens is 2. The number of sulfonamides is 1. The van der Waals surface area contributed by atoms with Crippen LogP contribution < -0.4 is 5.56 Å². The van der Waals surface area contributed by atoms with Crippen molar-refractivity contribution in [2.24, 2.45) is 0 Å². The van der Waals surface area contributed by atoms with E-state index in [4.69, 9.17) is 0 Å². The third-order valence-electron chi connectivity index (χ3n) is 5.34. The number of piperazine rings is 1. The quantitative estimate of drug-likeness (QED) is 0.693. The number of nitrogens with one attached hydrogen (secondary N) is 1. The summed E-state index contributed by atoms with van der Waals surface area (Å²) in [6, 6.07) is 14.3. The van der Waals surface area contributed by atoms with E-state index in [0.29, 0.717) is 54.3 Å². The Kier molecular flexibility index (Phi) is 5.49. The molecule has 1 N–H and O–H groups in total. The van der Waals surface area contributed by atoms with Crippen LogP contribution in [-0.4, -0.2) is 53.8 Å². The van der Waals surface area contributed by atoms with E-state index in [-0.39, 0.29) is 5.56 Å². The molecule has 0 spiro atoms. The zero-order valence-electron chi connectivity index (χ0n) is 16.3. The van der Waals surface area contributed by atoms with Gasteiger partial charge in [-0.25, -0.2) is 13.4 Å². The van der Waals surface area contributed by atoms with Crippen LogP contribution >= 0.6 is 0 Å². The number of para-hydroxylation sites is 1. The molecule has 8 heteroatoms. The molecular weight excluding hydrogens is 388 g/mol. The Morgan fingerprint density at radius 2 is 1.69 bits per heavy atom. The number of H-pyrrole nitrogens is 1. The summed E-state index contributed by atoms with van der Waals surface area (Å²) in [6.07, 6.45) is 0.879. The smallest absolute Gasteiger partial charge is 0.258 e. The van der Waals surface area contributed by atoms with Crippen LogP contribution in [-0.2, 0) is 23.0 Å². The Balaban J connectivity index is 1.43. The number of rotatable bonds is 5. The lowest BCUT2D eigenvalue weighted by molar-refractivity contribution is 0.178. The summed E-state index contributed by atoms with van der Waals surface area (Å²) in [5, 5.41) is 0.571. The van der Waals surface area contributed by atoms with Crippen molar-refractivity contribution in [2.75, 3.05) is 26.2 Å². The molecule has 3 aromatic rings. The number of hydrogen-bond acceptors (Lipinski definition) is 5. The number of aromatic amines is 1. The number of hydrogen-bond donors (Lipinski definition) is 1. The van der Waals surface area contributed by atoms with Gasteiger partial charge in [-0.05, 0) is 36.2 Å². The van der Waals surface area contributed by atoms with Gasteiger partial charge in [0.1, 0.15) is 5.82 Å². The standard InChI is InChI=1S/C21H24N4O3S/c1-2-16-7-9-17(10-8-16)29(27,28)25-13-11-24(12-14-25)15-20-22-19-6-4-3-5-18(19)21(26)23-20/h3-10H,2,11-15H2,1H3,(H,22,23,26). The molecule has 2 heterocycles. The first kappa shape index (κ1) is 19.8. The molecule has 4 rings (SSSR count). The predicted octanol–water partition coefficient (Wildman–Crippen LogP) is 1.99. The second-order valence-electron chi connectivity index (χ2n) is 7.21. The molecule has 1 aliphatic rings. The molecule has 0 aliphatic carbocycles. The van der Waals surface area contributed by atoms with Crippen LogP contribution in [0.3, 0.4) is 0 Å². The average Bonchev–Trinajstić information content (AvgIpc) is 2.74. The van der Waals surface area contributed by atoms with Gasteiger partial charge in [-0.2, -0.15) is 4.31 Å². The van der Waals surface area contributed by atoms with E-state index in [0.717, 1.165) is 12.0 Å². The molecule has 0 amide bonds. The Labute approximate surface area is 170 Å². The van der Waals surface area contributed by atoms with E-state index in [9.17, 15) is 13.2 Å². The van der Waals surface area contributed by atoms with Crippen LogP contribution in [0, 0.1) is 0 Å². The fourth-order valence-electron chi connectivity index (χ4n) is 3.60. The Bertz CT molecular complexity index is 1160. The van der Waals surface area contributed by atoms with Gasteiger partial charge >= 0.3 is 0 Å². The summed E-state index contributed by atoms with van der Waals surface area (Å²) in [6.45, 7) is 4.52. The summed E-state index contributed by atoms with van der Waals surface area (Å²) < 4.78 is 27.3. The van der Waals surface area contributed by atoms with Gasteiger partial charge in [0.2, 0.25) is 10.0 Å². The molecule has 1 fully saturated rings. The minimum Gasteiger partial charge on any atom is -0.309 e. The average molecular weight is 413 g/mol. The molecule has 0 atom stereocenters. The van der Waals surface area contributed by atoms with Gasteiger partial charge in [0, 0.05) is 26.2 Å². The van der Waals surface area contributed by atoms with Crippen molar-refractivity contribution < 1.29 is 8.42 Å². The van der Waals surface area contributed by atoms with E-state index in [1.165, 1.54) is 4.31 Å². The predicted molar refractivity (Wildman–Crippen MR) is 112 cm³/mol. The molecule has 1 aromatic heterocycles. The van der Waals surface area contributed by atoms with Gasteiger partial charge in [0.15, 0.2) is 0 Å². The summed E-state index contributed by atoms with van der Waals surface area (Å²) in [7, 11) is -3.49. The second kappa shape index (κ2) is 8.06. The topological polar surface area (TPSA) is 86.4 Å². The van der Waals surface area contributed by atoms with Gasteiger partial charge in [-0.1, -0.05) is 31.2 Å². The maximum Gasteiger partial charge on any atom is 0.258 e. The van der Waals surface area contributed by atoms with Crippen LogP contribution in [0.15, 0.2) is 58.2 Å². The Morgan fingerprint density at radius 1 is 1.00 bits per heavy atom. The lowest BCUT2D eigenvalue weighted by atomic mass is 10.2. The van der Waals surface area contributed by atoms with Gasteiger partial charge in [-0.15, -0.1) is 0 Å². The fraction of sp³-hybridized carbons (Fsp3) is 0.333. The van der Waals surface area contributed by atoms with Crippen LogP contribution in [0.5, 0.6) is 0 Å². The molecule has 1 aliphatic heterocycles. The Hall–Kier alpha value is -2.55. The summed E-state index contributed by atoms with van der Waals surface area (Å²) >= 11 is 0. The summed E-state index contributed by atoms with van der Waals surface area (Å²) in [4.78, 5) is 22.0.